The van der Waals surface area contributed by atoms with Gasteiger partial charge in [0.1, 0.15) is 16.7 Å². The molecule has 3 aromatic rings. The Hall–Kier alpha value is -3.16. The van der Waals surface area contributed by atoms with Crippen LogP contribution in [-0.4, -0.2) is 39.6 Å². The third kappa shape index (κ3) is 7.91. The number of carbonyl (C=O) groups excluding carboxylic acids is 2. The summed E-state index contributed by atoms with van der Waals surface area (Å²) >= 11 is 3.08. The summed E-state index contributed by atoms with van der Waals surface area (Å²) in [5, 5.41) is 13.4. The highest BCUT2D eigenvalue weighted by Crippen LogP contribution is 2.37. The number of anilines is 1. The Labute approximate surface area is 226 Å². The summed E-state index contributed by atoms with van der Waals surface area (Å²) in [6, 6.07) is 3.60. The summed E-state index contributed by atoms with van der Waals surface area (Å²) in [6.07, 6.45) is 7.05. The summed E-state index contributed by atoms with van der Waals surface area (Å²) < 4.78 is 12.0. The van der Waals surface area contributed by atoms with Gasteiger partial charge in [-0.05, 0) is 65.5 Å². The normalized spacial score (nSPS) is 12.6. The summed E-state index contributed by atoms with van der Waals surface area (Å²) in [6.45, 7) is 13.3. The second kappa shape index (κ2) is 11.5. The van der Waals surface area contributed by atoms with Crippen molar-refractivity contribution in [2.45, 2.75) is 85.1 Å². The van der Waals surface area contributed by atoms with E-state index in [4.69, 9.17) is 15.9 Å². The Bertz CT molecular complexity index is 1280. The van der Waals surface area contributed by atoms with Crippen LogP contribution in [0, 0.1) is 19.3 Å². The lowest BCUT2D eigenvalue weighted by molar-refractivity contribution is 0.0503. The van der Waals surface area contributed by atoms with Crippen LogP contribution in [0.15, 0.2) is 23.7 Å². The summed E-state index contributed by atoms with van der Waals surface area (Å²) in [5.74, 6) is 2.64. The molecule has 0 fully saturated rings. The number of nitrogens with one attached hydrogen (secondary N) is 1. The van der Waals surface area contributed by atoms with E-state index < -0.39 is 23.4 Å². The second-order valence-electron chi connectivity index (χ2n) is 10.7. The quantitative estimate of drug-likeness (QED) is 0.344. The van der Waals surface area contributed by atoms with Crippen molar-refractivity contribution in [2.24, 2.45) is 0 Å². The molecule has 3 heterocycles. The van der Waals surface area contributed by atoms with Gasteiger partial charge >= 0.3 is 12.2 Å². The van der Waals surface area contributed by atoms with E-state index in [-0.39, 0.29) is 6.04 Å². The molecule has 8 nitrogen and oxygen atoms in total. The van der Waals surface area contributed by atoms with Crippen molar-refractivity contribution in [3.05, 3.63) is 39.0 Å². The standard InChI is InChI=1S/C27H34N4O4S2/c1-9-11-18(29-24(32)34-26(3,4)5)14-21-17(2)22-23(37-21)20(15-28-30-22)31(16-19-12-10-13-36-19)25(33)35-27(6,7)8/h1,10,12-13,15,18H,11,14,16H2,2-8H3,(H,29,32)/t18-/m0/s1. The molecule has 198 valence electrons. The number of terminal acetylenes is 1. The number of rotatable bonds is 7. The first-order chi connectivity index (χ1) is 17.3. The van der Waals surface area contributed by atoms with Crippen molar-refractivity contribution in [3.63, 3.8) is 0 Å². The molecule has 0 saturated heterocycles. The molecule has 10 heteroatoms. The van der Waals surface area contributed by atoms with Gasteiger partial charge in [-0.25, -0.2) is 9.59 Å². The Kier molecular flexibility index (Phi) is 8.82. The van der Waals surface area contributed by atoms with E-state index in [0.717, 1.165) is 20.0 Å². The molecule has 0 aliphatic carbocycles. The predicted octanol–water partition coefficient (Wildman–Crippen LogP) is 6.46. The molecular formula is C27H34N4O4S2. The molecule has 0 aliphatic rings. The fourth-order valence-electron chi connectivity index (χ4n) is 3.57. The van der Waals surface area contributed by atoms with Gasteiger partial charge in [0.15, 0.2) is 0 Å². The molecule has 0 bridgehead atoms. The minimum atomic E-state index is -0.656. The third-order valence-electron chi connectivity index (χ3n) is 5.10. The zero-order valence-corrected chi connectivity index (χ0v) is 24.0. The zero-order chi connectivity index (χ0) is 27.4. The number of amides is 2. The number of hydrogen-bond acceptors (Lipinski definition) is 8. The molecule has 0 spiro atoms. The number of aryl methyl sites for hydroxylation is 1. The first-order valence-corrected chi connectivity index (χ1v) is 13.7. The fourth-order valence-corrected chi connectivity index (χ4v) is 5.60. The van der Waals surface area contributed by atoms with Crippen LogP contribution in [0.5, 0.6) is 0 Å². The Balaban J connectivity index is 1.97. The summed E-state index contributed by atoms with van der Waals surface area (Å²) in [5.41, 5.74) is 0.991. The van der Waals surface area contributed by atoms with Gasteiger partial charge in [0.25, 0.3) is 0 Å². The lowest BCUT2D eigenvalue weighted by Crippen LogP contribution is -2.40. The van der Waals surface area contributed by atoms with Gasteiger partial charge in [-0.15, -0.1) is 40.1 Å². The second-order valence-corrected chi connectivity index (χ2v) is 12.8. The summed E-state index contributed by atoms with van der Waals surface area (Å²) in [7, 11) is 0. The van der Waals surface area contributed by atoms with Crippen LogP contribution in [0.2, 0.25) is 0 Å². The van der Waals surface area contributed by atoms with Crippen LogP contribution in [0.1, 0.15) is 63.3 Å². The molecule has 0 radical (unpaired) electrons. The van der Waals surface area contributed by atoms with Crippen molar-refractivity contribution in [1.29, 1.82) is 0 Å². The molecule has 1 atom stereocenters. The Morgan fingerprint density at radius 2 is 1.89 bits per heavy atom. The Morgan fingerprint density at radius 1 is 1.19 bits per heavy atom. The number of aromatic nitrogens is 2. The van der Waals surface area contributed by atoms with Gasteiger partial charge in [-0.3, -0.25) is 4.90 Å². The topological polar surface area (TPSA) is 93.7 Å². The smallest absolute Gasteiger partial charge is 0.415 e. The molecule has 0 saturated carbocycles. The van der Waals surface area contributed by atoms with Crippen molar-refractivity contribution >= 4 is 50.8 Å². The minimum Gasteiger partial charge on any atom is -0.444 e. The molecule has 0 aromatic carbocycles. The lowest BCUT2D eigenvalue weighted by Gasteiger charge is -2.27. The van der Waals surface area contributed by atoms with Crippen LogP contribution >= 0.6 is 22.7 Å². The van der Waals surface area contributed by atoms with Gasteiger partial charge in [0.05, 0.1) is 23.1 Å². The third-order valence-corrected chi connectivity index (χ3v) is 7.29. The molecular weight excluding hydrogens is 508 g/mol. The monoisotopic (exact) mass is 542 g/mol. The molecule has 2 amide bonds. The van der Waals surface area contributed by atoms with E-state index in [1.54, 1.807) is 22.4 Å². The lowest BCUT2D eigenvalue weighted by atomic mass is 10.1. The van der Waals surface area contributed by atoms with E-state index in [1.807, 2.05) is 66.0 Å². The Morgan fingerprint density at radius 3 is 2.49 bits per heavy atom. The van der Waals surface area contributed by atoms with Crippen molar-refractivity contribution in [1.82, 2.24) is 15.5 Å². The van der Waals surface area contributed by atoms with Gasteiger partial charge < -0.3 is 14.8 Å². The average molecular weight is 543 g/mol. The van der Waals surface area contributed by atoms with Crippen LogP contribution in [-0.2, 0) is 22.4 Å². The number of hydrogen-bond donors (Lipinski definition) is 1. The molecule has 1 N–H and O–H groups in total. The first kappa shape index (κ1) is 28.4. The van der Waals surface area contributed by atoms with Crippen LogP contribution in [0.4, 0.5) is 15.3 Å². The van der Waals surface area contributed by atoms with Gasteiger partial charge in [0, 0.05) is 28.6 Å². The molecule has 0 unspecified atom stereocenters. The van der Waals surface area contributed by atoms with Crippen molar-refractivity contribution < 1.29 is 19.1 Å². The molecule has 0 aliphatic heterocycles. The molecule has 3 aromatic heterocycles. The average Bonchev–Trinajstić information content (AvgIpc) is 3.38. The maximum atomic E-state index is 13.3. The van der Waals surface area contributed by atoms with Crippen LogP contribution in [0.25, 0.3) is 10.2 Å². The number of fused-ring (bicyclic) bond motifs is 1. The van der Waals surface area contributed by atoms with Crippen molar-refractivity contribution in [3.8, 4) is 12.3 Å². The largest absolute Gasteiger partial charge is 0.444 e. The minimum absolute atomic E-state index is 0.323. The van der Waals surface area contributed by atoms with Crippen LogP contribution < -0.4 is 10.2 Å². The van der Waals surface area contributed by atoms with Gasteiger partial charge in [-0.2, -0.15) is 5.10 Å². The number of nitrogens with zero attached hydrogens (tertiary/aromatic N) is 3. The van der Waals surface area contributed by atoms with E-state index in [0.29, 0.717) is 30.6 Å². The highest BCUT2D eigenvalue weighted by molar-refractivity contribution is 7.19. The predicted molar refractivity (Wildman–Crippen MR) is 149 cm³/mol. The number of alkyl carbamates (subject to hydrolysis) is 1. The zero-order valence-electron chi connectivity index (χ0n) is 22.4. The van der Waals surface area contributed by atoms with E-state index in [9.17, 15) is 9.59 Å². The van der Waals surface area contributed by atoms with Gasteiger partial charge in [0.2, 0.25) is 0 Å². The number of thiophene rings is 2. The molecule has 3 rings (SSSR count). The first-order valence-electron chi connectivity index (χ1n) is 12.0. The SMILES string of the molecule is C#CC[C@@H](Cc1sc2c(N(Cc3cccs3)C(=O)OC(C)(C)C)cnnc2c1C)NC(=O)OC(C)(C)C. The number of ether oxygens (including phenoxy) is 2. The highest BCUT2D eigenvalue weighted by atomic mass is 32.1. The summed E-state index contributed by atoms with van der Waals surface area (Å²) in [4.78, 5) is 29.3. The van der Waals surface area contributed by atoms with Crippen molar-refractivity contribution in [2.75, 3.05) is 4.90 Å². The van der Waals surface area contributed by atoms with E-state index in [1.165, 1.54) is 11.3 Å². The highest BCUT2D eigenvalue weighted by Gasteiger charge is 2.28. The van der Waals surface area contributed by atoms with Gasteiger partial charge in [-0.1, -0.05) is 6.07 Å². The van der Waals surface area contributed by atoms with Crippen LogP contribution in [0.3, 0.4) is 0 Å². The molecule has 37 heavy (non-hydrogen) atoms. The number of carbonyl (C=O) groups is 2. The fraction of sp³-hybridized carbons (Fsp3) is 0.481. The maximum Gasteiger partial charge on any atom is 0.415 e. The maximum absolute atomic E-state index is 13.3. The van der Waals surface area contributed by atoms with E-state index in [2.05, 4.69) is 21.4 Å². The van der Waals surface area contributed by atoms with E-state index >= 15 is 0 Å².